The van der Waals surface area contributed by atoms with Gasteiger partial charge < -0.3 is 4.52 Å². The molecule has 7 heteroatoms. The third-order valence-corrected chi connectivity index (χ3v) is 4.67. The highest BCUT2D eigenvalue weighted by Crippen LogP contribution is 2.30. The summed E-state index contributed by atoms with van der Waals surface area (Å²) in [5.74, 6) is 0.678. The van der Waals surface area contributed by atoms with Crippen molar-refractivity contribution in [3.8, 4) is 0 Å². The van der Waals surface area contributed by atoms with E-state index in [1.807, 2.05) is 0 Å². The SMILES string of the molecule is CCCCC(CC)c1nnc(NC(=O)c2c(C)noc2C)s1. The van der Waals surface area contributed by atoms with Crippen LogP contribution >= 0.6 is 11.3 Å². The number of aromatic nitrogens is 3. The smallest absolute Gasteiger partial charge is 0.263 e. The molecule has 0 aliphatic carbocycles. The molecule has 6 nitrogen and oxygen atoms in total. The highest BCUT2D eigenvalue weighted by molar-refractivity contribution is 7.15. The van der Waals surface area contributed by atoms with E-state index in [9.17, 15) is 4.79 Å². The van der Waals surface area contributed by atoms with E-state index in [-0.39, 0.29) is 5.91 Å². The maximum Gasteiger partial charge on any atom is 0.263 e. The van der Waals surface area contributed by atoms with Crippen LogP contribution in [0.25, 0.3) is 0 Å². The Hall–Kier alpha value is -1.76. The van der Waals surface area contributed by atoms with Gasteiger partial charge >= 0.3 is 0 Å². The molecule has 0 aromatic carbocycles. The Morgan fingerprint density at radius 3 is 2.68 bits per heavy atom. The van der Waals surface area contributed by atoms with Gasteiger partial charge in [-0.15, -0.1) is 10.2 Å². The Labute approximate surface area is 134 Å². The first-order valence-electron chi connectivity index (χ1n) is 7.64. The number of hydrogen-bond acceptors (Lipinski definition) is 6. The van der Waals surface area contributed by atoms with Crippen molar-refractivity contribution in [3.63, 3.8) is 0 Å². The van der Waals surface area contributed by atoms with Crippen molar-refractivity contribution in [1.29, 1.82) is 0 Å². The van der Waals surface area contributed by atoms with Gasteiger partial charge in [0.15, 0.2) is 0 Å². The number of carbonyl (C=O) groups excluding carboxylic acids is 1. The highest BCUT2D eigenvalue weighted by Gasteiger charge is 2.20. The first kappa shape index (κ1) is 16.6. The monoisotopic (exact) mass is 322 g/mol. The van der Waals surface area contributed by atoms with Gasteiger partial charge in [0.05, 0.1) is 5.69 Å². The van der Waals surface area contributed by atoms with Gasteiger partial charge in [-0.3, -0.25) is 10.1 Å². The molecule has 0 bridgehead atoms. The lowest BCUT2D eigenvalue weighted by atomic mass is 10.0. The van der Waals surface area contributed by atoms with Crippen molar-refractivity contribution in [2.45, 2.75) is 59.3 Å². The molecule has 0 aliphatic heterocycles. The fourth-order valence-corrected chi connectivity index (χ4v) is 3.33. The van der Waals surface area contributed by atoms with E-state index in [1.54, 1.807) is 13.8 Å². The molecule has 1 amide bonds. The number of nitrogens with zero attached hydrogens (tertiary/aromatic N) is 3. The van der Waals surface area contributed by atoms with E-state index >= 15 is 0 Å². The predicted molar refractivity (Wildman–Crippen MR) is 86.4 cm³/mol. The topological polar surface area (TPSA) is 80.9 Å². The lowest BCUT2D eigenvalue weighted by molar-refractivity contribution is 0.102. The number of anilines is 1. The molecule has 2 aromatic heterocycles. The Morgan fingerprint density at radius 1 is 1.32 bits per heavy atom. The third-order valence-electron chi connectivity index (χ3n) is 3.67. The minimum atomic E-state index is -0.249. The van der Waals surface area contributed by atoms with Crippen molar-refractivity contribution >= 4 is 22.4 Å². The molecule has 0 saturated carbocycles. The Morgan fingerprint density at radius 2 is 2.09 bits per heavy atom. The standard InChI is InChI=1S/C15H22N4O2S/c1-5-7-8-11(6-2)14-17-18-15(22-14)16-13(20)12-9(3)19-21-10(12)4/h11H,5-8H2,1-4H3,(H,16,18,20). The van der Waals surface area contributed by atoms with Gasteiger partial charge in [0.2, 0.25) is 5.13 Å². The molecule has 2 heterocycles. The van der Waals surface area contributed by atoms with Gasteiger partial charge in [-0.05, 0) is 26.7 Å². The second kappa shape index (κ2) is 7.49. The van der Waals surface area contributed by atoms with E-state index in [0.717, 1.165) is 17.8 Å². The van der Waals surface area contributed by atoms with Crippen LogP contribution < -0.4 is 5.32 Å². The Bertz CT molecular complexity index is 616. The number of aryl methyl sites for hydroxylation is 2. The number of carbonyl (C=O) groups is 1. The van der Waals surface area contributed by atoms with Crippen LogP contribution in [-0.4, -0.2) is 21.3 Å². The lowest BCUT2D eigenvalue weighted by Crippen LogP contribution is -2.13. The summed E-state index contributed by atoms with van der Waals surface area (Å²) in [5, 5.41) is 16.4. The van der Waals surface area contributed by atoms with Gasteiger partial charge in [-0.25, -0.2) is 0 Å². The fraction of sp³-hybridized carbons (Fsp3) is 0.600. The molecule has 2 aromatic rings. The molecule has 0 aliphatic rings. The lowest BCUT2D eigenvalue weighted by Gasteiger charge is -2.09. The molecule has 0 saturated heterocycles. The van der Waals surface area contributed by atoms with Crippen molar-refractivity contribution in [2.24, 2.45) is 0 Å². The maximum absolute atomic E-state index is 12.3. The molecular weight excluding hydrogens is 300 g/mol. The van der Waals surface area contributed by atoms with Gasteiger partial charge in [0.25, 0.3) is 5.91 Å². The van der Waals surface area contributed by atoms with Gasteiger partial charge in [-0.2, -0.15) is 0 Å². The molecular formula is C15H22N4O2S. The van der Waals surface area contributed by atoms with E-state index in [2.05, 4.69) is 34.5 Å². The first-order chi connectivity index (χ1) is 10.6. The van der Waals surface area contributed by atoms with E-state index < -0.39 is 0 Å². The van der Waals surface area contributed by atoms with Gasteiger partial charge in [0, 0.05) is 5.92 Å². The maximum atomic E-state index is 12.3. The molecule has 2 rings (SSSR count). The molecule has 1 unspecified atom stereocenters. The summed E-state index contributed by atoms with van der Waals surface area (Å²) in [7, 11) is 0. The zero-order valence-electron chi connectivity index (χ0n) is 13.5. The molecule has 0 radical (unpaired) electrons. The Kier molecular flexibility index (Phi) is 5.65. The zero-order chi connectivity index (χ0) is 16.1. The van der Waals surface area contributed by atoms with E-state index in [1.165, 1.54) is 24.2 Å². The largest absolute Gasteiger partial charge is 0.361 e. The molecule has 1 N–H and O–H groups in total. The third kappa shape index (κ3) is 3.71. The average molecular weight is 322 g/mol. The van der Waals surface area contributed by atoms with Crippen molar-refractivity contribution in [1.82, 2.24) is 15.4 Å². The van der Waals surface area contributed by atoms with Gasteiger partial charge in [0.1, 0.15) is 16.3 Å². The normalized spacial score (nSPS) is 12.4. The van der Waals surface area contributed by atoms with Crippen molar-refractivity contribution < 1.29 is 9.32 Å². The van der Waals surface area contributed by atoms with Crippen LogP contribution in [-0.2, 0) is 0 Å². The number of nitrogens with one attached hydrogen (secondary N) is 1. The summed E-state index contributed by atoms with van der Waals surface area (Å²) in [6.07, 6.45) is 4.50. The Balaban J connectivity index is 2.07. The average Bonchev–Trinajstić information content (AvgIpc) is 3.07. The van der Waals surface area contributed by atoms with Crippen LogP contribution in [0.1, 0.15) is 72.3 Å². The van der Waals surface area contributed by atoms with Gasteiger partial charge in [-0.1, -0.05) is 43.2 Å². The van der Waals surface area contributed by atoms with Crippen LogP contribution in [0.3, 0.4) is 0 Å². The van der Waals surface area contributed by atoms with Crippen molar-refractivity contribution in [3.05, 3.63) is 22.0 Å². The minimum absolute atomic E-state index is 0.249. The van der Waals surface area contributed by atoms with Crippen LogP contribution in [0, 0.1) is 13.8 Å². The molecule has 1 atom stereocenters. The zero-order valence-corrected chi connectivity index (χ0v) is 14.3. The summed E-state index contributed by atoms with van der Waals surface area (Å²) in [6.45, 7) is 7.80. The summed E-state index contributed by atoms with van der Waals surface area (Å²) in [6, 6.07) is 0. The molecule has 0 spiro atoms. The molecule has 120 valence electrons. The van der Waals surface area contributed by atoms with Crippen LogP contribution in [0.15, 0.2) is 4.52 Å². The van der Waals surface area contributed by atoms with E-state index in [4.69, 9.17) is 4.52 Å². The summed E-state index contributed by atoms with van der Waals surface area (Å²) in [4.78, 5) is 12.3. The molecule has 0 fully saturated rings. The molecule has 22 heavy (non-hydrogen) atoms. The minimum Gasteiger partial charge on any atom is -0.361 e. The van der Waals surface area contributed by atoms with E-state index in [0.29, 0.717) is 28.1 Å². The number of hydrogen-bond donors (Lipinski definition) is 1. The quantitative estimate of drug-likeness (QED) is 0.830. The summed E-state index contributed by atoms with van der Waals surface area (Å²) < 4.78 is 5.02. The number of unbranched alkanes of at least 4 members (excludes halogenated alkanes) is 1. The van der Waals surface area contributed by atoms with Crippen molar-refractivity contribution in [2.75, 3.05) is 5.32 Å². The summed E-state index contributed by atoms with van der Waals surface area (Å²) in [5.41, 5.74) is 1.05. The second-order valence-electron chi connectivity index (χ2n) is 5.35. The van der Waals surface area contributed by atoms with Crippen LogP contribution in [0.5, 0.6) is 0 Å². The number of rotatable bonds is 7. The van der Waals surface area contributed by atoms with Crippen LogP contribution in [0.4, 0.5) is 5.13 Å². The second-order valence-corrected chi connectivity index (χ2v) is 6.36. The highest BCUT2D eigenvalue weighted by atomic mass is 32.1. The first-order valence-corrected chi connectivity index (χ1v) is 8.46. The number of amides is 1. The fourth-order valence-electron chi connectivity index (χ4n) is 2.37. The summed E-state index contributed by atoms with van der Waals surface area (Å²) >= 11 is 1.45. The van der Waals surface area contributed by atoms with Crippen LogP contribution in [0.2, 0.25) is 0 Å². The predicted octanol–water partition coefficient (Wildman–Crippen LogP) is 4.08.